The molecule has 0 amide bonds. The minimum absolute atomic E-state index is 0.0143. The zero-order valence-electron chi connectivity index (χ0n) is 16.6. The largest absolute Gasteiger partial charge is 0.497 e. The van der Waals surface area contributed by atoms with Gasteiger partial charge in [0, 0.05) is 24.8 Å². The number of fused-ring (bicyclic) bond motifs is 1. The summed E-state index contributed by atoms with van der Waals surface area (Å²) in [4.78, 5) is 19.8. The number of benzene rings is 1. The van der Waals surface area contributed by atoms with E-state index in [-0.39, 0.29) is 5.56 Å². The molecule has 5 heteroatoms. The zero-order valence-corrected chi connectivity index (χ0v) is 16.6. The number of aromatic nitrogens is 2. The predicted octanol–water partition coefficient (Wildman–Crippen LogP) is 4.13. The standard InChI is InChI=1S/C23H27N3O2/c1-17-7-12-22-24-19(14-23(27)26(22)15-17)16-25-13-5-3-4-6-21(25)18-8-10-20(28-2)11-9-18/h7-12,14-15,21H,3-6,13,16H2,1-2H3. The van der Waals surface area contributed by atoms with Gasteiger partial charge in [0.25, 0.3) is 5.56 Å². The maximum absolute atomic E-state index is 12.6. The first-order valence-corrected chi connectivity index (χ1v) is 10.0. The van der Waals surface area contributed by atoms with E-state index in [1.807, 2.05) is 37.4 Å². The summed E-state index contributed by atoms with van der Waals surface area (Å²) in [5.74, 6) is 0.878. The van der Waals surface area contributed by atoms with Crippen molar-refractivity contribution in [1.29, 1.82) is 0 Å². The molecule has 1 fully saturated rings. The highest BCUT2D eigenvalue weighted by Gasteiger charge is 2.23. The smallest absolute Gasteiger partial charge is 0.258 e. The van der Waals surface area contributed by atoms with Crippen molar-refractivity contribution in [2.45, 2.75) is 45.2 Å². The monoisotopic (exact) mass is 377 g/mol. The number of pyridine rings is 1. The first-order valence-electron chi connectivity index (χ1n) is 10.0. The van der Waals surface area contributed by atoms with E-state index in [9.17, 15) is 4.79 Å². The van der Waals surface area contributed by atoms with Gasteiger partial charge >= 0.3 is 0 Å². The molecule has 0 bridgehead atoms. The predicted molar refractivity (Wildman–Crippen MR) is 111 cm³/mol. The van der Waals surface area contributed by atoms with Crippen LogP contribution in [0.15, 0.2) is 53.5 Å². The third-order valence-corrected chi connectivity index (χ3v) is 5.59. The quantitative estimate of drug-likeness (QED) is 0.686. The molecule has 1 aliphatic heterocycles. The molecule has 5 nitrogen and oxygen atoms in total. The van der Waals surface area contributed by atoms with Crippen molar-refractivity contribution in [2.75, 3.05) is 13.7 Å². The van der Waals surface area contributed by atoms with Gasteiger partial charge < -0.3 is 4.74 Å². The number of hydrogen-bond acceptors (Lipinski definition) is 4. The first-order chi connectivity index (χ1) is 13.6. The molecule has 28 heavy (non-hydrogen) atoms. The van der Waals surface area contributed by atoms with Crippen LogP contribution in [0.5, 0.6) is 5.75 Å². The Balaban J connectivity index is 1.64. The number of hydrogen-bond donors (Lipinski definition) is 0. The van der Waals surface area contributed by atoms with Crippen molar-refractivity contribution in [3.05, 3.63) is 75.8 Å². The fraction of sp³-hybridized carbons (Fsp3) is 0.391. The number of ether oxygens (including phenoxy) is 1. The highest BCUT2D eigenvalue weighted by atomic mass is 16.5. The van der Waals surface area contributed by atoms with Crippen molar-refractivity contribution in [3.8, 4) is 5.75 Å². The number of nitrogens with zero attached hydrogens (tertiary/aromatic N) is 3. The molecule has 3 heterocycles. The summed E-state index contributed by atoms with van der Waals surface area (Å²) in [5, 5.41) is 0. The number of aryl methyl sites for hydroxylation is 1. The maximum Gasteiger partial charge on any atom is 0.258 e. The number of rotatable bonds is 4. The number of likely N-dealkylation sites (tertiary alicyclic amines) is 1. The van der Waals surface area contributed by atoms with Gasteiger partial charge in [0.15, 0.2) is 0 Å². The number of methoxy groups -OCH3 is 1. The molecule has 1 atom stereocenters. The van der Waals surface area contributed by atoms with Crippen LogP contribution in [-0.4, -0.2) is 27.9 Å². The van der Waals surface area contributed by atoms with Crippen LogP contribution in [0.4, 0.5) is 0 Å². The molecule has 2 aromatic heterocycles. The molecule has 0 N–H and O–H groups in total. The van der Waals surface area contributed by atoms with E-state index >= 15 is 0 Å². The topological polar surface area (TPSA) is 46.8 Å². The van der Waals surface area contributed by atoms with Gasteiger partial charge in [-0.2, -0.15) is 0 Å². The Bertz CT molecular complexity index is 1010. The van der Waals surface area contributed by atoms with Gasteiger partial charge in [0.1, 0.15) is 11.4 Å². The normalized spacial score (nSPS) is 18.1. The van der Waals surface area contributed by atoms with Crippen LogP contribution >= 0.6 is 0 Å². The molecule has 1 saturated heterocycles. The van der Waals surface area contributed by atoms with E-state index in [1.165, 1.54) is 24.8 Å². The van der Waals surface area contributed by atoms with E-state index < -0.39 is 0 Å². The van der Waals surface area contributed by atoms with Crippen molar-refractivity contribution in [2.24, 2.45) is 0 Å². The molecule has 1 unspecified atom stereocenters. The molecular formula is C23H27N3O2. The van der Waals surface area contributed by atoms with Gasteiger partial charge in [-0.3, -0.25) is 14.1 Å². The van der Waals surface area contributed by atoms with Gasteiger partial charge in [0.2, 0.25) is 0 Å². The van der Waals surface area contributed by atoms with Crippen LogP contribution in [0.1, 0.15) is 48.5 Å². The fourth-order valence-corrected chi connectivity index (χ4v) is 4.11. The maximum atomic E-state index is 12.6. The summed E-state index contributed by atoms with van der Waals surface area (Å²) in [6.45, 7) is 3.69. The van der Waals surface area contributed by atoms with Crippen LogP contribution < -0.4 is 10.3 Å². The van der Waals surface area contributed by atoms with Crippen LogP contribution in [0.2, 0.25) is 0 Å². The Labute approximate surface area is 165 Å². The SMILES string of the molecule is COc1ccc(C2CCCCCN2Cc2cc(=O)n3cc(C)ccc3n2)cc1. The molecular weight excluding hydrogens is 350 g/mol. The summed E-state index contributed by atoms with van der Waals surface area (Å²) in [6, 6.07) is 14.3. The fourth-order valence-electron chi connectivity index (χ4n) is 4.11. The summed E-state index contributed by atoms with van der Waals surface area (Å²) in [7, 11) is 1.69. The lowest BCUT2D eigenvalue weighted by molar-refractivity contribution is 0.190. The summed E-state index contributed by atoms with van der Waals surface area (Å²) in [5.41, 5.74) is 3.89. The second-order valence-corrected chi connectivity index (χ2v) is 7.63. The Morgan fingerprint density at radius 3 is 2.71 bits per heavy atom. The van der Waals surface area contributed by atoms with E-state index in [1.54, 1.807) is 17.6 Å². The van der Waals surface area contributed by atoms with Crippen LogP contribution in [0.25, 0.3) is 5.65 Å². The minimum atomic E-state index is -0.0143. The average Bonchev–Trinajstić information content (AvgIpc) is 2.94. The molecule has 0 aliphatic carbocycles. The van der Waals surface area contributed by atoms with Crippen molar-refractivity contribution >= 4 is 5.65 Å². The molecule has 1 aliphatic rings. The van der Waals surface area contributed by atoms with Gasteiger partial charge in [0.05, 0.1) is 12.8 Å². The van der Waals surface area contributed by atoms with E-state index in [4.69, 9.17) is 9.72 Å². The van der Waals surface area contributed by atoms with Gasteiger partial charge in [-0.15, -0.1) is 0 Å². The van der Waals surface area contributed by atoms with E-state index in [2.05, 4.69) is 17.0 Å². The first kappa shape index (κ1) is 18.7. The molecule has 3 aromatic rings. The molecule has 1 aromatic carbocycles. The molecule has 4 rings (SSSR count). The lowest BCUT2D eigenvalue weighted by Gasteiger charge is -2.30. The zero-order chi connectivity index (χ0) is 19.5. The second-order valence-electron chi connectivity index (χ2n) is 7.63. The van der Waals surface area contributed by atoms with E-state index in [0.717, 1.165) is 30.0 Å². The van der Waals surface area contributed by atoms with E-state index in [0.29, 0.717) is 18.2 Å². The van der Waals surface area contributed by atoms with Gasteiger partial charge in [-0.1, -0.05) is 31.0 Å². The lowest BCUT2D eigenvalue weighted by atomic mass is 10.0. The highest BCUT2D eigenvalue weighted by molar-refractivity contribution is 5.40. The third kappa shape index (κ3) is 3.94. The van der Waals surface area contributed by atoms with Crippen LogP contribution in [0, 0.1) is 6.92 Å². The van der Waals surface area contributed by atoms with Crippen molar-refractivity contribution in [3.63, 3.8) is 0 Å². The lowest BCUT2D eigenvalue weighted by Crippen LogP contribution is -2.29. The van der Waals surface area contributed by atoms with Gasteiger partial charge in [-0.05, 0) is 55.6 Å². The Morgan fingerprint density at radius 1 is 1.11 bits per heavy atom. The molecule has 0 saturated carbocycles. The minimum Gasteiger partial charge on any atom is -0.497 e. The molecule has 146 valence electrons. The third-order valence-electron chi connectivity index (χ3n) is 5.59. The second kappa shape index (κ2) is 8.15. The summed E-state index contributed by atoms with van der Waals surface area (Å²) < 4.78 is 6.93. The highest BCUT2D eigenvalue weighted by Crippen LogP contribution is 2.32. The van der Waals surface area contributed by atoms with Crippen molar-refractivity contribution in [1.82, 2.24) is 14.3 Å². The Kier molecular flexibility index (Phi) is 5.44. The molecule has 0 spiro atoms. The summed E-state index contributed by atoms with van der Waals surface area (Å²) >= 11 is 0. The Morgan fingerprint density at radius 2 is 1.93 bits per heavy atom. The average molecular weight is 377 g/mol. The van der Waals surface area contributed by atoms with Crippen LogP contribution in [-0.2, 0) is 6.54 Å². The summed E-state index contributed by atoms with van der Waals surface area (Å²) in [6.07, 6.45) is 6.62. The van der Waals surface area contributed by atoms with Gasteiger partial charge in [-0.25, -0.2) is 4.98 Å². The Hall–Kier alpha value is -2.66. The van der Waals surface area contributed by atoms with Crippen molar-refractivity contribution < 1.29 is 4.74 Å². The molecule has 0 radical (unpaired) electrons. The van der Waals surface area contributed by atoms with Crippen LogP contribution in [0.3, 0.4) is 0 Å².